The van der Waals surface area contributed by atoms with E-state index in [2.05, 4.69) is 44.0 Å². The summed E-state index contributed by atoms with van der Waals surface area (Å²) in [7, 11) is 3.28. The molecule has 0 spiro atoms. The highest BCUT2D eigenvalue weighted by Crippen LogP contribution is 2.41. The third-order valence-corrected chi connectivity index (χ3v) is 9.88. The second-order valence-electron chi connectivity index (χ2n) is 13.9. The van der Waals surface area contributed by atoms with Crippen LogP contribution < -0.4 is 20.1 Å². The molecule has 3 aromatic heterocycles. The van der Waals surface area contributed by atoms with Gasteiger partial charge in [0.1, 0.15) is 46.7 Å². The molecule has 2 amide bonds. The Morgan fingerprint density at radius 1 is 1.02 bits per heavy atom. The fourth-order valence-corrected chi connectivity index (χ4v) is 7.00. The van der Waals surface area contributed by atoms with Crippen LogP contribution >= 0.6 is 0 Å². The molecule has 3 aromatic carbocycles. The van der Waals surface area contributed by atoms with Gasteiger partial charge in [-0.2, -0.15) is 0 Å². The van der Waals surface area contributed by atoms with E-state index in [9.17, 15) is 9.59 Å². The molecule has 6 aromatic rings. The molecule has 54 heavy (non-hydrogen) atoms. The van der Waals surface area contributed by atoms with Crippen molar-refractivity contribution in [2.24, 2.45) is 0 Å². The molecular weight excluding hydrogens is 688 g/mol. The molecule has 0 bridgehead atoms. The number of fused-ring (bicyclic) bond motifs is 3. The van der Waals surface area contributed by atoms with Crippen molar-refractivity contribution in [2.45, 2.75) is 58.0 Å². The number of imidazole rings is 1. The van der Waals surface area contributed by atoms with E-state index in [1.54, 1.807) is 43.3 Å². The minimum absolute atomic E-state index is 0.0826. The van der Waals surface area contributed by atoms with Crippen LogP contribution in [0.3, 0.4) is 0 Å². The number of amides is 2. The maximum absolute atomic E-state index is 15.7. The number of halogens is 1. The van der Waals surface area contributed by atoms with Gasteiger partial charge in [-0.15, -0.1) is 10.2 Å². The van der Waals surface area contributed by atoms with Gasteiger partial charge in [0.25, 0.3) is 11.8 Å². The Balaban J connectivity index is 1.12. The van der Waals surface area contributed by atoms with Crippen molar-refractivity contribution < 1.29 is 23.5 Å². The fourth-order valence-electron chi connectivity index (χ4n) is 7.00. The van der Waals surface area contributed by atoms with Crippen molar-refractivity contribution in [1.29, 1.82) is 0 Å². The number of carbonyl (C=O) groups is 2. The summed E-state index contributed by atoms with van der Waals surface area (Å²) < 4.78 is 30.4. The van der Waals surface area contributed by atoms with Crippen LogP contribution in [0, 0.1) is 5.82 Å². The largest absolute Gasteiger partial charge is 0.497 e. The van der Waals surface area contributed by atoms with Crippen molar-refractivity contribution in [2.75, 3.05) is 19.5 Å². The van der Waals surface area contributed by atoms with Crippen molar-refractivity contribution >= 4 is 17.6 Å². The lowest BCUT2D eigenvalue weighted by Crippen LogP contribution is -2.22. The van der Waals surface area contributed by atoms with E-state index in [0.29, 0.717) is 53.0 Å². The van der Waals surface area contributed by atoms with Gasteiger partial charge in [-0.3, -0.25) is 14.2 Å². The molecule has 1 saturated carbocycles. The van der Waals surface area contributed by atoms with Crippen LogP contribution in [0.25, 0.3) is 17.2 Å². The van der Waals surface area contributed by atoms with Gasteiger partial charge in [0.2, 0.25) is 0 Å². The summed E-state index contributed by atoms with van der Waals surface area (Å²) in [6, 6.07) is 20.5. The second kappa shape index (κ2) is 14.2. The monoisotopic (exact) mass is 726 g/mol. The average Bonchev–Trinajstić information content (AvgIpc) is 3.79. The number of hydrogen-bond donors (Lipinski definition) is 2. The van der Waals surface area contributed by atoms with Crippen LogP contribution in [0.2, 0.25) is 0 Å². The Kier molecular flexibility index (Phi) is 9.14. The van der Waals surface area contributed by atoms with E-state index in [-0.39, 0.29) is 29.9 Å². The average molecular weight is 727 g/mol. The summed E-state index contributed by atoms with van der Waals surface area (Å²) in [5, 5.41) is 13.8. The second-order valence-corrected chi connectivity index (χ2v) is 13.9. The van der Waals surface area contributed by atoms with Gasteiger partial charge in [-0.05, 0) is 90.8 Å². The summed E-state index contributed by atoms with van der Waals surface area (Å²) in [4.78, 5) is 36.3. The van der Waals surface area contributed by atoms with Gasteiger partial charge in [-0.1, -0.05) is 30.3 Å². The highest BCUT2D eigenvalue weighted by atomic mass is 19.1. The van der Waals surface area contributed by atoms with Crippen LogP contribution in [0.4, 0.5) is 10.2 Å². The van der Waals surface area contributed by atoms with E-state index < -0.39 is 11.7 Å². The zero-order valence-electron chi connectivity index (χ0n) is 30.4. The first-order chi connectivity index (χ1) is 26.2. The lowest BCUT2D eigenvalue weighted by Gasteiger charge is -2.16. The predicted molar refractivity (Wildman–Crippen MR) is 200 cm³/mol. The third kappa shape index (κ3) is 6.80. The molecule has 1 fully saturated rings. The zero-order chi connectivity index (χ0) is 37.5. The number of pyridine rings is 1. The topological polar surface area (TPSA) is 138 Å². The van der Waals surface area contributed by atoms with Crippen LogP contribution in [0.1, 0.15) is 93.1 Å². The standard InChI is InChI=1S/C41H39FN8O4/c1-23(2)49-22-45-48-39(49)33-6-5-7-37(46-33)47-40(51)31-19-34-29(17-32(31)42)20-44-41(52)35-21-43-38(50(34)35)16-25-12-24(14-28(15-25)26-8-9-26)13-27-10-11-30(53-3)18-36(27)54-4/h5-7,10-12,14-15,17-19,21-23,26H,8-9,13,16,20H2,1-4H3,(H,44,52)(H,46,47,51). The normalized spacial score (nSPS) is 13.6. The molecule has 0 atom stereocenters. The van der Waals surface area contributed by atoms with E-state index >= 15 is 4.39 Å². The first kappa shape index (κ1) is 34.7. The number of nitrogens with zero attached hydrogens (tertiary/aromatic N) is 6. The van der Waals surface area contributed by atoms with Crippen LogP contribution in [-0.2, 0) is 19.4 Å². The van der Waals surface area contributed by atoms with E-state index in [1.807, 2.05) is 36.6 Å². The molecule has 0 radical (unpaired) electrons. The Morgan fingerprint density at radius 2 is 1.83 bits per heavy atom. The van der Waals surface area contributed by atoms with Crippen molar-refractivity contribution in [1.82, 2.24) is 34.6 Å². The number of rotatable bonds is 11. The van der Waals surface area contributed by atoms with Crippen molar-refractivity contribution in [3.8, 4) is 28.7 Å². The molecule has 13 heteroatoms. The number of anilines is 1. The molecule has 1 aliphatic heterocycles. The van der Waals surface area contributed by atoms with Gasteiger partial charge in [0.15, 0.2) is 5.82 Å². The quantitative estimate of drug-likeness (QED) is 0.149. The van der Waals surface area contributed by atoms with E-state index in [0.717, 1.165) is 41.0 Å². The van der Waals surface area contributed by atoms with Crippen LogP contribution in [0.5, 0.6) is 11.5 Å². The van der Waals surface area contributed by atoms with Gasteiger partial charge >= 0.3 is 0 Å². The number of hydrogen-bond acceptors (Lipinski definition) is 8. The van der Waals surface area contributed by atoms with E-state index in [4.69, 9.17) is 14.5 Å². The zero-order valence-corrected chi connectivity index (χ0v) is 30.4. The summed E-state index contributed by atoms with van der Waals surface area (Å²) in [6.45, 7) is 4.09. The van der Waals surface area contributed by atoms with Crippen LogP contribution in [-0.4, -0.2) is 55.3 Å². The number of benzene rings is 3. The maximum atomic E-state index is 15.7. The van der Waals surface area contributed by atoms with Gasteiger partial charge in [0, 0.05) is 31.5 Å². The molecule has 1 aliphatic carbocycles. The first-order valence-electron chi connectivity index (χ1n) is 17.9. The highest BCUT2D eigenvalue weighted by Gasteiger charge is 2.28. The molecule has 274 valence electrons. The minimum Gasteiger partial charge on any atom is -0.497 e. The van der Waals surface area contributed by atoms with Gasteiger partial charge in [0.05, 0.1) is 31.7 Å². The van der Waals surface area contributed by atoms with Gasteiger partial charge < -0.3 is 24.7 Å². The number of nitrogens with one attached hydrogen (secondary N) is 2. The molecular formula is C41H39FN8O4. The fraction of sp³-hybridized carbons (Fsp3) is 0.268. The summed E-state index contributed by atoms with van der Waals surface area (Å²) in [6.07, 6.45) is 6.48. The van der Waals surface area contributed by atoms with Crippen molar-refractivity contribution in [3.05, 3.63) is 130 Å². The molecule has 0 unspecified atom stereocenters. The SMILES string of the molecule is COc1ccc(Cc2cc(Cc3ncc4n3-c3cc(C(=O)Nc5cccc(-c6nncn6C(C)C)n5)c(F)cc3CNC4=O)cc(C3CC3)c2)c(OC)c1. The smallest absolute Gasteiger partial charge is 0.270 e. The summed E-state index contributed by atoms with van der Waals surface area (Å²) >= 11 is 0. The van der Waals surface area contributed by atoms with Crippen molar-refractivity contribution in [3.63, 3.8) is 0 Å². The van der Waals surface area contributed by atoms with Gasteiger partial charge in [-0.25, -0.2) is 14.4 Å². The highest BCUT2D eigenvalue weighted by molar-refractivity contribution is 6.04. The first-order valence-corrected chi connectivity index (χ1v) is 17.9. The lowest BCUT2D eigenvalue weighted by atomic mass is 9.96. The Morgan fingerprint density at radius 3 is 2.59 bits per heavy atom. The number of ether oxygens (including phenoxy) is 2. The summed E-state index contributed by atoms with van der Waals surface area (Å²) in [5.74, 6) is 1.58. The molecule has 8 rings (SSSR count). The minimum atomic E-state index is -0.725. The summed E-state index contributed by atoms with van der Waals surface area (Å²) in [5.41, 5.74) is 6.08. The molecule has 2 N–H and O–H groups in total. The molecule has 4 heterocycles. The third-order valence-electron chi connectivity index (χ3n) is 9.88. The van der Waals surface area contributed by atoms with E-state index in [1.165, 1.54) is 23.9 Å². The predicted octanol–water partition coefficient (Wildman–Crippen LogP) is 6.82. The molecule has 2 aliphatic rings. The van der Waals surface area contributed by atoms with Crippen LogP contribution in [0.15, 0.2) is 79.3 Å². The lowest BCUT2D eigenvalue weighted by molar-refractivity contribution is 0.0945. The number of methoxy groups -OCH3 is 2. The molecule has 12 nitrogen and oxygen atoms in total. The molecule has 0 saturated heterocycles. The number of aromatic nitrogens is 6. The Labute approximate surface area is 311 Å². The maximum Gasteiger partial charge on any atom is 0.270 e. The Hall–Kier alpha value is -6.37. The number of carbonyl (C=O) groups excluding carboxylic acids is 2. The Bertz CT molecular complexity index is 2410.